The zero-order valence-electron chi connectivity index (χ0n) is 14.0. The van der Waals surface area contributed by atoms with Gasteiger partial charge in [0.05, 0.1) is 0 Å². The molecule has 1 aliphatic heterocycles. The molecule has 6 nitrogen and oxygen atoms in total. The highest BCUT2D eigenvalue weighted by Crippen LogP contribution is 2.32. The first-order valence-electron chi connectivity index (χ1n) is 8.65. The molecule has 0 unspecified atom stereocenters. The Hall–Kier alpha value is -2.44. The van der Waals surface area contributed by atoms with Gasteiger partial charge in [0.1, 0.15) is 17.9 Å². The van der Waals surface area contributed by atoms with E-state index in [2.05, 4.69) is 10.6 Å². The number of nitrogens with zero attached hydrogens (tertiary/aromatic N) is 1. The number of urea groups is 1. The number of hydrogen-bond acceptors (Lipinski definition) is 3. The molecule has 1 saturated carbocycles. The maximum absolute atomic E-state index is 12.9. The van der Waals surface area contributed by atoms with Crippen molar-refractivity contribution in [3.05, 3.63) is 35.6 Å². The molecule has 134 valence electrons. The Bertz CT molecular complexity index is 667. The molecule has 1 aromatic rings. The third-order valence-corrected chi connectivity index (χ3v) is 4.91. The van der Waals surface area contributed by atoms with Gasteiger partial charge in [-0.3, -0.25) is 14.5 Å². The Kier molecular flexibility index (Phi) is 5.01. The van der Waals surface area contributed by atoms with Gasteiger partial charge in [-0.15, -0.1) is 0 Å². The number of nitrogens with one attached hydrogen (secondary N) is 2. The quantitative estimate of drug-likeness (QED) is 0.819. The average Bonchev–Trinajstić information content (AvgIpc) is 2.76. The van der Waals surface area contributed by atoms with Crippen LogP contribution >= 0.6 is 0 Å². The maximum atomic E-state index is 12.9. The number of halogens is 1. The first kappa shape index (κ1) is 17.4. The van der Waals surface area contributed by atoms with Crippen LogP contribution in [0.25, 0.3) is 0 Å². The van der Waals surface area contributed by atoms with Gasteiger partial charge in [-0.1, -0.05) is 37.8 Å². The number of carbonyl (C=O) groups excluding carboxylic acids is 3. The molecule has 0 radical (unpaired) electrons. The van der Waals surface area contributed by atoms with E-state index in [-0.39, 0.29) is 24.8 Å². The number of hydrogen-bond donors (Lipinski definition) is 2. The molecule has 25 heavy (non-hydrogen) atoms. The van der Waals surface area contributed by atoms with Gasteiger partial charge < -0.3 is 10.6 Å². The smallest absolute Gasteiger partial charge is 0.325 e. The molecule has 0 bridgehead atoms. The number of imide groups is 1. The summed E-state index contributed by atoms with van der Waals surface area (Å²) in [6, 6.07) is 5.28. The van der Waals surface area contributed by atoms with Gasteiger partial charge in [-0.25, -0.2) is 9.18 Å². The monoisotopic (exact) mass is 347 g/mol. The van der Waals surface area contributed by atoms with E-state index in [1.165, 1.54) is 12.1 Å². The van der Waals surface area contributed by atoms with E-state index in [4.69, 9.17) is 0 Å². The van der Waals surface area contributed by atoms with E-state index < -0.39 is 17.5 Å². The van der Waals surface area contributed by atoms with E-state index in [1.807, 2.05) is 0 Å². The van der Waals surface area contributed by atoms with Crippen molar-refractivity contribution < 1.29 is 18.8 Å². The van der Waals surface area contributed by atoms with Crippen LogP contribution < -0.4 is 10.6 Å². The van der Waals surface area contributed by atoms with Crippen LogP contribution in [-0.4, -0.2) is 34.8 Å². The predicted molar refractivity (Wildman–Crippen MR) is 88.9 cm³/mol. The molecule has 1 saturated heterocycles. The number of benzene rings is 1. The van der Waals surface area contributed by atoms with Gasteiger partial charge in [0.25, 0.3) is 5.91 Å². The summed E-state index contributed by atoms with van der Waals surface area (Å²) >= 11 is 0. The second-order valence-electron chi connectivity index (χ2n) is 6.72. The lowest BCUT2D eigenvalue weighted by Crippen LogP contribution is -2.47. The molecular weight excluding hydrogens is 325 g/mol. The number of carbonyl (C=O) groups is 3. The predicted octanol–water partition coefficient (Wildman–Crippen LogP) is 2.09. The Morgan fingerprint density at radius 1 is 1.12 bits per heavy atom. The van der Waals surface area contributed by atoms with Crippen molar-refractivity contribution in [1.82, 2.24) is 15.5 Å². The van der Waals surface area contributed by atoms with E-state index in [0.29, 0.717) is 12.8 Å². The van der Waals surface area contributed by atoms with Crippen LogP contribution in [0.2, 0.25) is 0 Å². The Labute approximate surface area is 145 Å². The molecule has 1 aliphatic carbocycles. The van der Waals surface area contributed by atoms with Gasteiger partial charge in [-0.2, -0.15) is 0 Å². The Balaban J connectivity index is 1.58. The van der Waals surface area contributed by atoms with Crippen LogP contribution in [0.5, 0.6) is 0 Å². The summed E-state index contributed by atoms with van der Waals surface area (Å²) in [5, 5.41) is 5.47. The van der Waals surface area contributed by atoms with Crippen molar-refractivity contribution in [2.75, 3.05) is 6.54 Å². The second kappa shape index (κ2) is 7.21. The van der Waals surface area contributed by atoms with Crippen LogP contribution in [0.15, 0.2) is 24.3 Å². The van der Waals surface area contributed by atoms with Crippen molar-refractivity contribution in [2.45, 2.75) is 50.6 Å². The molecule has 7 heteroatoms. The van der Waals surface area contributed by atoms with Gasteiger partial charge >= 0.3 is 6.03 Å². The lowest BCUT2D eigenvalue weighted by atomic mass is 9.90. The molecule has 1 aromatic carbocycles. The molecule has 2 N–H and O–H groups in total. The summed E-state index contributed by atoms with van der Waals surface area (Å²) in [4.78, 5) is 38.0. The lowest BCUT2D eigenvalue weighted by molar-refractivity contribution is -0.135. The van der Waals surface area contributed by atoms with E-state index in [0.717, 1.165) is 36.1 Å². The third kappa shape index (κ3) is 3.81. The zero-order valence-corrected chi connectivity index (χ0v) is 14.0. The fourth-order valence-corrected chi connectivity index (χ4v) is 3.49. The van der Waals surface area contributed by atoms with Crippen molar-refractivity contribution >= 4 is 17.8 Å². The molecule has 4 amide bonds. The van der Waals surface area contributed by atoms with Gasteiger partial charge in [0.2, 0.25) is 5.91 Å². The SMILES string of the molecule is O=C(CN1C(=O)NC2(CCCCCC2)C1=O)NCc1ccc(F)cc1. The Morgan fingerprint density at radius 2 is 1.76 bits per heavy atom. The lowest BCUT2D eigenvalue weighted by Gasteiger charge is -2.24. The number of rotatable bonds is 4. The van der Waals surface area contributed by atoms with Crippen molar-refractivity contribution in [2.24, 2.45) is 0 Å². The fourth-order valence-electron chi connectivity index (χ4n) is 3.49. The Morgan fingerprint density at radius 3 is 2.40 bits per heavy atom. The van der Waals surface area contributed by atoms with Crippen LogP contribution in [0, 0.1) is 5.82 Å². The first-order chi connectivity index (χ1) is 12.0. The van der Waals surface area contributed by atoms with Gasteiger partial charge in [-0.05, 0) is 30.5 Å². The molecule has 2 aliphatic rings. The molecule has 2 fully saturated rings. The largest absolute Gasteiger partial charge is 0.350 e. The van der Waals surface area contributed by atoms with Gasteiger partial charge in [0.15, 0.2) is 0 Å². The highest BCUT2D eigenvalue weighted by Gasteiger charge is 2.50. The molecule has 0 atom stereocenters. The summed E-state index contributed by atoms with van der Waals surface area (Å²) in [5.41, 5.74) is -0.0858. The topological polar surface area (TPSA) is 78.5 Å². The summed E-state index contributed by atoms with van der Waals surface area (Å²) in [5.74, 6) is -1.06. The zero-order chi connectivity index (χ0) is 17.9. The highest BCUT2D eigenvalue weighted by atomic mass is 19.1. The molecule has 0 aromatic heterocycles. The van der Waals surface area contributed by atoms with Crippen molar-refractivity contribution in [1.29, 1.82) is 0 Å². The van der Waals surface area contributed by atoms with Crippen LogP contribution in [-0.2, 0) is 16.1 Å². The summed E-state index contributed by atoms with van der Waals surface area (Å²) in [6.45, 7) is -0.0818. The van der Waals surface area contributed by atoms with Crippen LogP contribution in [0.3, 0.4) is 0 Å². The maximum Gasteiger partial charge on any atom is 0.325 e. The third-order valence-electron chi connectivity index (χ3n) is 4.91. The first-order valence-corrected chi connectivity index (χ1v) is 8.65. The summed E-state index contributed by atoms with van der Waals surface area (Å²) in [7, 11) is 0. The van der Waals surface area contributed by atoms with Crippen molar-refractivity contribution in [3.8, 4) is 0 Å². The summed E-state index contributed by atoms with van der Waals surface area (Å²) in [6.07, 6.45) is 5.18. The fraction of sp³-hybridized carbons (Fsp3) is 0.500. The minimum atomic E-state index is -0.829. The molecule has 1 spiro atoms. The van der Waals surface area contributed by atoms with E-state index in [1.54, 1.807) is 12.1 Å². The van der Waals surface area contributed by atoms with Crippen LogP contribution in [0.1, 0.15) is 44.1 Å². The van der Waals surface area contributed by atoms with Gasteiger partial charge in [0, 0.05) is 6.54 Å². The molecule has 3 rings (SSSR count). The van der Waals surface area contributed by atoms with E-state index >= 15 is 0 Å². The second-order valence-corrected chi connectivity index (χ2v) is 6.72. The van der Waals surface area contributed by atoms with Crippen molar-refractivity contribution in [3.63, 3.8) is 0 Å². The molecule has 1 heterocycles. The summed E-state index contributed by atoms with van der Waals surface area (Å²) < 4.78 is 12.9. The number of amides is 4. The highest BCUT2D eigenvalue weighted by molar-refractivity contribution is 6.09. The minimum absolute atomic E-state index is 0.216. The molecular formula is C18H22FN3O3. The van der Waals surface area contributed by atoms with Crippen LogP contribution in [0.4, 0.5) is 9.18 Å². The minimum Gasteiger partial charge on any atom is -0.350 e. The standard InChI is InChI=1S/C18H22FN3O3/c19-14-7-5-13(6-8-14)11-20-15(23)12-22-16(24)18(21-17(22)25)9-3-1-2-4-10-18/h5-8H,1-4,9-12H2,(H,20,23)(H,21,25). The average molecular weight is 347 g/mol. The normalized spacial score (nSPS) is 19.6. The van der Waals surface area contributed by atoms with E-state index in [9.17, 15) is 18.8 Å².